The molecule has 2 aromatic rings. The zero-order valence-corrected chi connectivity index (χ0v) is 11.6. The fourth-order valence-electron chi connectivity index (χ4n) is 2.56. The maximum absolute atomic E-state index is 4.63. The Balaban J connectivity index is 2.01. The van der Waals surface area contributed by atoms with Crippen molar-refractivity contribution < 1.29 is 0 Å². The molecule has 0 aliphatic heterocycles. The van der Waals surface area contributed by atoms with Gasteiger partial charge in [-0.15, -0.1) is 0 Å². The number of fused-ring (bicyclic) bond motifs is 1. The third-order valence-electron chi connectivity index (χ3n) is 3.77. The van der Waals surface area contributed by atoms with Crippen LogP contribution in [-0.4, -0.2) is 9.97 Å². The monoisotopic (exact) mass is 244 g/mol. The molecule has 0 bridgehead atoms. The second-order valence-electron chi connectivity index (χ2n) is 5.13. The molecule has 2 heteroatoms. The van der Waals surface area contributed by atoms with E-state index in [0.29, 0.717) is 5.92 Å². The summed E-state index contributed by atoms with van der Waals surface area (Å²) >= 11 is 0. The van der Waals surface area contributed by atoms with Crippen LogP contribution in [-0.2, 0) is 0 Å². The second kappa shape index (κ2) is 6.58. The van der Waals surface area contributed by atoms with Gasteiger partial charge in [0.25, 0.3) is 0 Å². The van der Waals surface area contributed by atoms with E-state index in [0.717, 1.165) is 0 Å². The fraction of sp³-hybridized carbons (Fsp3) is 0.562. The molecular formula is C16H24N2. The van der Waals surface area contributed by atoms with Crippen molar-refractivity contribution in [3.05, 3.63) is 30.2 Å². The van der Waals surface area contributed by atoms with Gasteiger partial charge in [0.1, 0.15) is 0 Å². The topological polar surface area (TPSA) is 28.7 Å². The number of rotatable bonds is 7. The molecule has 1 unspecified atom stereocenters. The third-order valence-corrected chi connectivity index (χ3v) is 3.77. The number of aromatic amines is 1. The molecule has 0 spiro atoms. The minimum absolute atomic E-state index is 0.620. The second-order valence-corrected chi connectivity index (χ2v) is 5.13. The highest BCUT2D eigenvalue weighted by Gasteiger charge is 2.11. The molecule has 0 aliphatic carbocycles. The summed E-state index contributed by atoms with van der Waals surface area (Å²) < 4.78 is 0. The van der Waals surface area contributed by atoms with Crippen LogP contribution < -0.4 is 0 Å². The first-order valence-corrected chi connectivity index (χ1v) is 7.28. The van der Waals surface area contributed by atoms with E-state index in [9.17, 15) is 0 Å². The number of nitrogens with zero attached hydrogens (tertiary/aromatic N) is 1. The molecule has 2 nitrogen and oxygen atoms in total. The number of hydrogen-bond donors (Lipinski definition) is 1. The predicted octanol–water partition coefficient (Wildman–Crippen LogP) is 5.03. The molecule has 0 aromatic carbocycles. The van der Waals surface area contributed by atoms with Crippen LogP contribution in [0.3, 0.4) is 0 Å². The average Bonchev–Trinajstić information content (AvgIpc) is 2.86. The summed E-state index contributed by atoms with van der Waals surface area (Å²) in [6, 6.07) is 4.30. The molecule has 0 amide bonds. The highest BCUT2D eigenvalue weighted by atomic mass is 14.7. The van der Waals surface area contributed by atoms with Crippen molar-refractivity contribution >= 4 is 10.9 Å². The third kappa shape index (κ3) is 3.12. The first-order valence-electron chi connectivity index (χ1n) is 7.28. The van der Waals surface area contributed by atoms with Gasteiger partial charge in [0.05, 0.1) is 0 Å². The summed E-state index contributed by atoms with van der Waals surface area (Å²) in [6.45, 7) is 4.53. The molecule has 2 heterocycles. The molecule has 1 atom stereocenters. The first kappa shape index (κ1) is 13.1. The number of pyridine rings is 1. The van der Waals surface area contributed by atoms with Gasteiger partial charge < -0.3 is 4.98 Å². The zero-order valence-electron chi connectivity index (χ0n) is 11.6. The lowest BCUT2D eigenvalue weighted by Crippen LogP contribution is -2.00. The van der Waals surface area contributed by atoms with Crippen LogP contribution >= 0.6 is 0 Å². The number of nitrogens with one attached hydrogen (secondary N) is 1. The van der Waals surface area contributed by atoms with Gasteiger partial charge in [-0.25, -0.2) is 0 Å². The van der Waals surface area contributed by atoms with E-state index < -0.39 is 0 Å². The van der Waals surface area contributed by atoms with Crippen molar-refractivity contribution in [3.63, 3.8) is 0 Å². The minimum atomic E-state index is 0.620. The van der Waals surface area contributed by atoms with E-state index in [-0.39, 0.29) is 0 Å². The quantitative estimate of drug-likeness (QED) is 0.680. The van der Waals surface area contributed by atoms with Crippen LogP contribution in [0.2, 0.25) is 0 Å². The maximum Gasteiger partial charge on any atom is 0.0487 e. The zero-order chi connectivity index (χ0) is 12.8. The lowest BCUT2D eigenvalue weighted by atomic mass is 9.94. The van der Waals surface area contributed by atoms with Gasteiger partial charge in [0.2, 0.25) is 0 Å². The maximum atomic E-state index is 4.63. The Morgan fingerprint density at radius 2 is 2.11 bits per heavy atom. The summed E-state index contributed by atoms with van der Waals surface area (Å²) in [7, 11) is 0. The van der Waals surface area contributed by atoms with Crippen molar-refractivity contribution in [1.82, 2.24) is 9.97 Å². The molecule has 2 rings (SSSR count). The van der Waals surface area contributed by atoms with Gasteiger partial charge in [-0.3, -0.25) is 4.98 Å². The van der Waals surface area contributed by atoms with E-state index in [1.54, 1.807) is 0 Å². The summed E-state index contributed by atoms with van der Waals surface area (Å²) in [5, 5.41) is 1.21. The molecule has 18 heavy (non-hydrogen) atoms. The number of unbranched alkanes of at least 4 members (excludes halogenated alkanes) is 3. The van der Waals surface area contributed by atoms with Gasteiger partial charge in [0.15, 0.2) is 0 Å². The average molecular weight is 244 g/mol. The first-order chi connectivity index (χ1) is 8.85. The SMILES string of the molecule is CCCCCCC(CC)c1cc2[nH]ccc2cn1. The Labute approximate surface area is 110 Å². The van der Waals surface area contributed by atoms with E-state index in [4.69, 9.17) is 0 Å². The van der Waals surface area contributed by atoms with Gasteiger partial charge >= 0.3 is 0 Å². The van der Waals surface area contributed by atoms with Gasteiger partial charge in [-0.2, -0.15) is 0 Å². The van der Waals surface area contributed by atoms with Crippen LogP contribution in [0, 0.1) is 0 Å². The van der Waals surface area contributed by atoms with E-state index in [2.05, 4.69) is 35.9 Å². The van der Waals surface area contributed by atoms with Crippen molar-refractivity contribution in [2.45, 2.75) is 58.3 Å². The Hall–Kier alpha value is -1.31. The van der Waals surface area contributed by atoms with Crippen LogP contribution in [0.15, 0.2) is 24.5 Å². The molecule has 2 aromatic heterocycles. The molecule has 98 valence electrons. The highest BCUT2D eigenvalue weighted by molar-refractivity contribution is 5.78. The van der Waals surface area contributed by atoms with Gasteiger partial charge in [0, 0.05) is 34.9 Å². The molecule has 0 saturated heterocycles. The van der Waals surface area contributed by atoms with E-state index in [1.807, 2.05) is 12.4 Å². The van der Waals surface area contributed by atoms with E-state index in [1.165, 1.54) is 55.1 Å². The highest BCUT2D eigenvalue weighted by Crippen LogP contribution is 2.26. The lowest BCUT2D eigenvalue weighted by Gasteiger charge is -2.14. The van der Waals surface area contributed by atoms with Crippen LogP contribution in [0.4, 0.5) is 0 Å². The Morgan fingerprint density at radius 1 is 1.22 bits per heavy atom. The summed E-state index contributed by atoms with van der Waals surface area (Å²) in [6.07, 6.45) is 11.8. The predicted molar refractivity (Wildman–Crippen MR) is 77.9 cm³/mol. The minimum Gasteiger partial charge on any atom is -0.361 e. The van der Waals surface area contributed by atoms with Crippen LogP contribution in [0.5, 0.6) is 0 Å². The Morgan fingerprint density at radius 3 is 2.89 bits per heavy atom. The number of hydrogen-bond acceptors (Lipinski definition) is 1. The molecular weight excluding hydrogens is 220 g/mol. The summed E-state index contributed by atoms with van der Waals surface area (Å²) in [5.41, 5.74) is 2.47. The Bertz CT molecular complexity index is 473. The van der Waals surface area contributed by atoms with Gasteiger partial charge in [-0.05, 0) is 25.0 Å². The van der Waals surface area contributed by atoms with Crippen molar-refractivity contribution in [2.24, 2.45) is 0 Å². The Kier molecular flexibility index (Phi) is 4.80. The van der Waals surface area contributed by atoms with Gasteiger partial charge in [-0.1, -0.05) is 39.5 Å². The number of H-pyrrole nitrogens is 1. The van der Waals surface area contributed by atoms with Crippen LogP contribution in [0.25, 0.3) is 10.9 Å². The number of aromatic nitrogens is 2. The van der Waals surface area contributed by atoms with Crippen molar-refractivity contribution in [3.8, 4) is 0 Å². The molecule has 0 radical (unpaired) electrons. The standard InChI is InChI=1S/C16H24N2/c1-3-5-6-7-8-13(4-2)15-11-16-14(12-18-15)9-10-17-16/h9-13,17H,3-8H2,1-2H3. The molecule has 1 N–H and O–H groups in total. The molecule has 0 aliphatic rings. The molecule has 0 saturated carbocycles. The van der Waals surface area contributed by atoms with Crippen molar-refractivity contribution in [2.75, 3.05) is 0 Å². The van der Waals surface area contributed by atoms with Crippen molar-refractivity contribution in [1.29, 1.82) is 0 Å². The lowest BCUT2D eigenvalue weighted by molar-refractivity contribution is 0.534. The fourth-order valence-corrected chi connectivity index (χ4v) is 2.56. The van der Waals surface area contributed by atoms with E-state index >= 15 is 0 Å². The van der Waals surface area contributed by atoms with Crippen LogP contribution in [0.1, 0.15) is 64.0 Å². The largest absolute Gasteiger partial charge is 0.361 e. The smallest absolute Gasteiger partial charge is 0.0487 e. The molecule has 0 fully saturated rings. The normalized spacial score (nSPS) is 13.0. The summed E-state index contributed by atoms with van der Waals surface area (Å²) in [5.74, 6) is 0.620. The summed E-state index contributed by atoms with van der Waals surface area (Å²) in [4.78, 5) is 7.90.